The molecule has 1 saturated carbocycles. The highest BCUT2D eigenvalue weighted by Crippen LogP contribution is 2.64. The van der Waals surface area contributed by atoms with Crippen molar-refractivity contribution in [2.45, 2.75) is 25.7 Å². The zero-order valence-corrected chi connectivity index (χ0v) is 25.8. The summed E-state index contributed by atoms with van der Waals surface area (Å²) in [6, 6.07) is 13.2. The van der Waals surface area contributed by atoms with E-state index in [-0.39, 0.29) is 46.4 Å². The van der Waals surface area contributed by atoms with E-state index in [9.17, 15) is 38.8 Å². The molecule has 6 atom stereocenters. The topological polar surface area (TPSA) is 147 Å². The van der Waals surface area contributed by atoms with E-state index in [1.165, 1.54) is 55.6 Å². The van der Waals surface area contributed by atoms with E-state index < -0.39 is 69.4 Å². The number of non-ortho nitro benzene ring substituents is 1. The minimum Gasteiger partial charge on any atom is -0.508 e. The van der Waals surface area contributed by atoms with Gasteiger partial charge in [0.25, 0.3) is 5.69 Å². The van der Waals surface area contributed by atoms with Crippen LogP contribution >= 0.6 is 11.6 Å². The van der Waals surface area contributed by atoms with Crippen LogP contribution in [-0.2, 0) is 19.2 Å². The van der Waals surface area contributed by atoms with Crippen LogP contribution in [0.3, 0.4) is 0 Å². The Bertz CT molecular complexity index is 1950. The predicted molar refractivity (Wildman–Crippen MR) is 166 cm³/mol. The number of hydrogen-bond donors (Lipinski definition) is 1. The van der Waals surface area contributed by atoms with Crippen LogP contribution in [0.25, 0.3) is 0 Å². The van der Waals surface area contributed by atoms with Gasteiger partial charge in [0, 0.05) is 29.7 Å². The number of imide groups is 2. The first-order valence-electron chi connectivity index (χ1n) is 14.9. The second-order valence-electron chi connectivity index (χ2n) is 12.5. The number of anilines is 2. The molecule has 4 aliphatic rings. The maximum atomic E-state index is 14.5. The van der Waals surface area contributed by atoms with Crippen molar-refractivity contribution in [2.75, 3.05) is 16.9 Å². The fourth-order valence-electron chi connectivity index (χ4n) is 8.15. The largest absolute Gasteiger partial charge is 0.508 e. The SMILES string of the molecule is COc1cc(O)ccc1C1C2=CCC3C(=O)N(c4ccc([N+](=O)[O-])cc4)C(=O)C3C2CC2C(=O)N(c3ccc(F)c(Cl)c3)C(=O)C21C. The van der Waals surface area contributed by atoms with E-state index in [2.05, 4.69) is 0 Å². The average molecular weight is 660 g/mol. The molecule has 1 N–H and O–H groups in total. The van der Waals surface area contributed by atoms with Crippen LogP contribution in [0.1, 0.15) is 31.2 Å². The van der Waals surface area contributed by atoms with Crippen LogP contribution in [0.2, 0.25) is 5.02 Å². The summed E-state index contributed by atoms with van der Waals surface area (Å²) >= 11 is 6.05. The van der Waals surface area contributed by atoms with Gasteiger partial charge in [-0.15, -0.1) is 0 Å². The van der Waals surface area contributed by atoms with Crippen molar-refractivity contribution in [2.24, 2.45) is 29.1 Å². The number of carbonyl (C=O) groups excluding carboxylic acids is 4. The van der Waals surface area contributed by atoms with E-state index in [4.69, 9.17) is 16.3 Å². The molecule has 240 valence electrons. The molecule has 7 rings (SSSR count). The molecule has 13 heteroatoms. The highest BCUT2D eigenvalue weighted by atomic mass is 35.5. The Hall–Kier alpha value is -5.10. The number of phenols is 1. The lowest BCUT2D eigenvalue weighted by molar-refractivity contribution is -0.384. The average Bonchev–Trinajstić information content (AvgIpc) is 3.42. The Morgan fingerprint density at radius 3 is 2.32 bits per heavy atom. The summed E-state index contributed by atoms with van der Waals surface area (Å²) in [6.45, 7) is 1.69. The number of fused-ring (bicyclic) bond motifs is 4. The van der Waals surface area contributed by atoms with E-state index in [0.29, 0.717) is 11.1 Å². The molecule has 4 amide bonds. The summed E-state index contributed by atoms with van der Waals surface area (Å²) in [5.74, 6) is -6.59. The summed E-state index contributed by atoms with van der Waals surface area (Å²) < 4.78 is 19.7. The van der Waals surface area contributed by atoms with Crippen LogP contribution in [0.5, 0.6) is 11.5 Å². The number of nitro groups is 1. The van der Waals surface area contributed by atoms with E-state index in [0.717, 1.165) is 15.9 Å². The van der Waals surface area contributed by atoms with Crippen LogP contribution in [0.4, 0.5) is 21.5 Å². The molecule has 3 aromatic carbocycles. The zero-order chi connectivity index (χ0) is 33.5. The van der Waals surface area contributed by atoms with Crippen molar-refractivity contribution < 1.29 is 38.3 Å². The number of nitro benzene ring substituents is 1. The number of ether oxygens (including phenoxy) is 1. The van der Waals surface area contributed by atoms with Gasteiger partial charge in [-0.1, -0.05) is 29.3 Å². The van der Waals surface area contributed by atoms with Gasteiger partial charge >= 0.3 is 0 Å². The van der Waals surface area contributed by atoms with Crippen molar-refractivity contribution in [3.05, 3.63) is 98.8 Å². The highest BCUT2D eigenvalue weighted by molar-refractivity contribution is 6.32. The molecule has 3 fully saturated rings. The standard InChI is InChI=1S/C34H27ClFN3O8/c1-34-24(31(42)38(33(34)44)18-7-12-26(36)25(35)13-18)15-23-20(29(34)21-9-8-19(40)14-27(21)47-2)10-11-22-28(23)32(43)37(30(22)41)16-3-5-17(6-4-16)39(45)46/h3-10,12-14,22-24,28-29,40H,11,15H2,1-2H3. The molecule has 11 nitrogen and oxygen atoms in total. The quantitative estimate of drug-likeness (QED) is 0.163. The summed E-state index contributed by atoms with van der Waals surface area (Å²) in [4.78, 5) is 69.4. The maximum absolute atomic E-state index is 14.5. The Balaban J connectivity index is 1.36. The van der Waals surface area contributed by atoms with Crippen molar-refractivity contribution >= 4 is 52.3 Å². The molecule has 0 bridgehead atoms. The number of halogens is 2. The van der Waals surface area contributed by atoms with Crippen molar-refractivity contribution in [1.29, 1.82) is 0 Å². The molecular weight excluding hydrogens is 633 g/mol. The Kier molecular flexibility index (Phi) is 6.97. The lowest BCUT2D eigenvalue weighted by Gasteiger charge is -2.49. The minimum atomic E-state index is -1.40. The van der Waals surface area contributed by atoms with Gasteiger partial charge in [0.05, 0.1) is 51.6 Å². The molecule has 2 aliphatic heterocycles. The van der Waals surface area contributed by atoms with Gasteiger partial charge in [-0.3, -0.25) is 34.2 Å². The lowest BCUT2D eigenvalue weighted by atomic mass is 9.51. The lowest BCUT2D eigenvalue weighted by Crippen LogP contribution is -2.49. The number of rotatable bonds is 5. The summed E-state index contributed by atoms with van der Waals surface area (Å²) in [6.07, 6.45) is 2.12. The van der Waals surface area contributed by atoms with Gasteiger partial charge in [-0.05, 0) is 62.1 Å². The molecule has 0 radical (unpaired) electrons. The zero-order valence-electron chi connectivity index (χ0n) is 25.1. The third kappa shape index (κ3) is 4.31. The second kappa shape index (κ2) is 10.7. The van der Waals surface area contributed by atoms with Gasteiger partial charge in [0.15, 0.2) is 0 Å². The van der Waals surface area contributed by atoms with Crippen LogP contribution < -0.4 is 14.5 Å². The molecule has 2 saturated heterocycles. The Labute approximate surface area is 272 Å². The number of aromatic hydroxyl groups is 1. The monoisotopic (exact) mass is 659 g/mol. The van der Waals surface area contributed by atoms with Gasteiger partial charge in [-0.25, -0.2) is 9.29 Å². The van der Waals surface area contributed by atoms with Crippen LogP contribution in [0, 0.1) is 45.0 Å². The first-order valence-corrected chi connectivity index (χ1v) is 15.3. The van der Waals surface area contributed by atoms with Gasteiger partial charge in [0.1, 0.15) is 17.3 Å². The van der Waals surface area contributed by atoms with E-state index in [1.54, 1.807) is 13.0 Å². The third-order valence-corrected chi connectivity index (χ3v) is 10.6. The number of benzene rings is 3. The molecule has 3 aromatic rings. The third-order valence-electron chi connectivity index (χ3n) is 10.3. The normalized spacial score (nSPS) is 28.2. The van der Waals surface area contributed by atoms with Gasteiger partial charge < -0.3 is 9.84 Å². The van der Waals surface area contributed by atoms with E-state index >= 15 is 0 Å². The Morgan fingerprint density at radius 2 is 1.66 bits per heavy atom. The maximum Gasteiger partial charge on any atom is 0.269 e. The molecule has 0 spiro atoms. The molecule has 0 aromatic heterocycles. The fourth-order valence-corrected chi connectivity index (χ4v) is 8.32. The molecule has 2 heterocycles. The van der Waals surface area contributed by atoms with Gasteiger partial charge in [0.2, 0.25) is 23.6 Å². The number of allylic oxidation sites excluding steroid dienone is 2. The number of nitrogens with zero attached hydrogens (tertiary/aromatic N) is 3. The van der Waals surface area contributed by atoms with Crippen molar-refractivity contribution in [3.63, 3.8) is 0 Å². The molecular formula is C34H27ClFN3O8. The van der Waals surface area contributed by atoms with E-state index in [1.807, 2.05) is 6.08 Å². The van der Waals surface area contributed by atoms with Gasteiger partial charge in [-0.2, -0.15) is 0 Å². The summed E-state index contributed by atoms with van der Waals surface area (Å²) in [5.41, 5.74) is -0.0867. The van der Waals surface area contributed by atoms with Crippen LogP contribution in [0.15, 0.2) is 72.3 Å². The number of methoxy groups -OCH3 is 1. The fraction of sp³-hybridized carbons (Fsp3) is 0.294. The minimum absolute atomic E-state index is 0.0729. The molecule has 2 aliphatic carbocycles. The highest BCUT2D eigenvalue weighted by Gasteiger charge is 2.68. The first-order chi connectivity index (χ1) is 22.4. The van der Waals surface area contributed by atoms with Crippen LogP contribution in [-0.4, -0.2) is 40.8 Å². The number of hydrogen-bond acceptors (Lipinski definition) is 8. The Morgan fingerprint density at radius 1 is 0.957 bits per heavy atom. The smallest absolute Gasteiger partial charge is 0.269 e. The molecule has 6 unspecified atom stereocenters. The van der Waals surface area contributed by atoms with Crippen molar-refractivity contribution in [3.8, 4) is 11.5 Å². The molecule has 47 heavy (non-hydrogen) atoms. The summed E-state index contributed by atoms with van der Waals surface area (Å²) in [7, 11) is 1.42. The predicted octanol–water partition coefficient (Wildman–Crippen LogP) is 5.54. The summed E-state index contributed by atoms with van der Waals surface area (Å²) in [5, 5.41) is 21.2. The first kappa shape index (κ1) is 30.5. The second-order valence-corrected chi connectivity index (χ2v) is 12.9. The number of phenolic OH excluding ortho intramolecular Hbond substituents is 1. The number of amides is 4. The van der Waals surface area contributed by atoms with Crippen molar-refractivity contribution in [1.82, 2.24) is 0 Å². The number of carbonyl (C=O) groups is 4.